The highest BCUT2D eigenvalue weighted by Gasteiger charge is 2.12. The molecule has 1 N–H and O–H groups in total. The lowest BCUT2D eigenvalue weighted by Crippen LogP contribution is -2.13. The number of benzene rings is 2. The second kappa shape index (κ2) is 5.14. The monoisotopic (exact) mass is 267 g/mol. The topological polar surface area (TPSA) is 29.1 Å². The van der Waals surface area contributed by atoms with Crippen molar-refractivity contribution in [3.05, 3.63) is 64.7 Å². The molecule has 0 aliphatic heterocycles. The molecule has 0 bridgehead atoms. The summed E-state index contributed by atoms with van der Waals surface area (Å²) in [5, 5.41) is 2.67. The van der Waals surface area contributed by atoms with E-state index in [1.54, 1.807) is 12.1 Å². The summed E-state index contributed by atoms with van der Waals surface area (Å²) in [7, 11) is 0. The highest BCUT2D eigenvalue weighted by Crippen LogP contribution is 2.18. The molecule has 0 radical (unpaired) electrons. The molecule has 0 aromatic heterocycles. The van der Waals surface area contributed by atoms with Crippen molar-refractivity contribution in [2.75, 3.05) is 5.32 Å². The number of amides is 1. The van der Waals surface area contributed by atoms with E-state index in [0.717, 1.165) is 6.07 Å². The predicted molar refractivity (Wildman–Crippen MR) is 65.8 cm³/mol. The molecule has 0 heterocycles. The average molecular weight is 268 g/mol. The highest BCUT2D eigenvalue weighted by atomic mass is 35.5. The SMILES string of the molecule is O=C(Nc1cccc(F)c1F)c1cccc(Cl)c1. The molecule has 0 spiro atoms. The number of carbonyl (C=O) groups excluding carboxylic acids is 1. The van der Waals surface area contributed by atoms with Gasteiger partial charge in [0, 0.05) is 10.6 Å². The van der Waals surface area contributed by atoms with E-state index in [1.807, 2.05) is 0 Å². The van der Waals surface area contributed by atoms with Gasteiger partial charge in [0.15, 0.2) is 11.6 Å². The largest absolute Gasteiger partial charge is 0.319 e. The molecule has 1 amide bonds. The summed E-state index contributed by atoms with van der Waals surface area (Å²) in [5.41, 5.74) is 0.0612. The van der Waals surface area contributed by atoms with Gasteiger partial charge in [-0.3, -0.25) is 4.79 Å². The molecule has 0 saturated heterocycles. The normalized spacial score (nSPS) is 10.2. The van der Waals surface area contributed by atoms with Crippen LogP contribution in [0.1, 0.15) is 10.4 Å². The first-order valence-electron chi connectivity index (χ1n) is 5.09. The Bertz CT molecular complexity index is 601. The van der Waals surface area contributed by atoms with Gasteiger partial charge in [-0.2, -0.15) is 0 Å². The molecule has 0 aliphatic rings. The Morgan fingerprint density at radius 1 is 1.11 bits per heavy atom. The predicted octanol–water partition coefficient (Wildman–Crippen LogP) is 3.87. The van der Waals surface area contributed by atoms with Gasteiger partial charge in [-0.05, 0) is 30.3 Å². The van der Waals surface area contributed by atoms with Crippen molar-refractivity contribution in [3.8, 4) is 0 Å². The maximum absolute atomic E-state index is 13.3. The van der Waals surface area contributed by atoms with Crippen molar-refractivity contribution in [2.45, 2.75) is 0 Å². The van der Waals surface area contributed by atoms with Crippen molar-refractivity contribution in [1.29, 1.82) is 0 Å². The molecule has 2 rings (SSSR count). The Balaban J connectivity index is 2.24. The molecule has 0 fully saturated rings. The number of rotatable bonds is 2. The summed E-state index contributed by atoms with van der Waals surface area (Å²) in [5.74, 6) is -2.66. The molecular weight excluding hydrogens is 260 g/mol. The lowest BCUT2D eigenvalue weighted by molar-refractivity contribution is 0.102. The molecule has 5 heteroatoms. The Kier molecular flexibility index (Phi) is 3.58. The number of hydrogen-bond acceptors (Lipinski definition) is 1. The first kappa shape index (κ1) is 12.5. The Hall–Kier alpha value is -1.94. The third-order valence-electron chi connectivity index (χ3n) is 2.29. The van der Waals surface area contributed by atoms with Crippen molar-refractivity contribution < 1.29 is 13.6 Å². The minimum Gasteiger partial charge on any atom is -0.319 e. The Labute approximate surface area is 107 Å². The van der Waals surface area contributed by atoms with Crippen molar-refractivity contribution in [1.82, 2.24) is 0 Å². The standard InChI is InChI=1S/C13H8ClF2NO/c14-9-4-1-3-8(7-9)13(18)17-11-6-2-5-10(15)12(11)16/h1-7H,(H,17,18). The summed E-state index contributed by atoms with van der Waals surface area (Å²) in [6.45, 7) is 0. The molecule has 0 unspecified atom stereocenters. The minimum atomic E-state index is -1.09. The van der Waals surface area contributed by atoms with Crippen molar-refractivity contribution >= 4 is 23.2 Å². The van der Waals surface area contributed by atoms with Crippen LogP contribution in [-0.2, 0) is 0 Å². The maximum Gasteiger partial charge on any atom is 0.255 e. The molecule has 0 atom stereocenters. The number of nitrogens with one attached hydrogen (secondary N) is 1. The lowest BCUT2D eigenvalue weighted by atomic mass is 10.2. The summed E-state index contributed by atoms with van der Waals surface area (Å²) >= 11 is 5.73. The highest BCUT2D eigenvalue weighted by molar-refractivity contribution is 6.31. The van der Waals surface area contributed by atoms with Crippen LogP contribution in [0.4, 0.5) is 14.5 Å². The maximum atomic E-state index is 13.3. The first-order valence-corrected chi connectivity index (χ1v) is 5.46. The van der Waals surface area contributed by atoms with Gasteiger partial charge in [-0.1, -0.05) is 23.7 Å². The van der Waals surface area contributed by atoms with Crippen LogP contribution in [0, 0.1) is 11.6 Å². The molecule has 2 aromatic carbocycles. The number of anilines is 1. The quantitative estimate of drug-likeness (QED) is 0.879. The Morgan fingerprint density at radius 3 is 2.56 bits per heavy atom. The van der Waals surface area contributed by atoms with Crippen LogP contribution in [0.25, 0.3) is 0 Å². The van der Waals surface area contributed by atoms with Gasteiger partial charge in [-0.25, -0.2) is 8.78 Å². The van der Waals surface area contributed by atoms with Gasteiger partial charge < -0.3 is 5.32 Å². The van der Waals surface area contributed by atoms with E-state index in [2.05, 4.69) is 5.32 Å². The van der Waals surface area contributed by atoms with Gasteiger partial charge in [0.1, 0.15) is 0 Å². The second-order valence-electron chi connectivity index (χ2n) is 3.57. The van der Waals surface area contributed by atoms with Crippen LogP contribution < -0.4 is 5.32 Å². The second-order valence-corrected chi connectivity index (χ2v) is 4.00. The number of halogens is 3. The fourth-order valence-electron chi connectivity index (χ4n) is 1.42. The minimum absolute atomic E-state index is 0.208. The summed E-state index contributed by atoms with van der Waals surface area (Å²) in [4.78, 5) is 11.8. The smallest absolute Gasteiger partial charge is 0.255 e. The zero-order chi connectivity index (χ0) is 13.1. The first-order chi connectivity index (χ1) is 8.58. The molecule has 92 valence electrons. The molecular formula is C13H8ClF2NO. The molecule has 2 aromatic rings. The van der Waals surface area contributed by atoms with Crippen molar-refractivity contribution in [2.24, 2.45) is 0 Å². The van der Waals surface area contributed by atoms with Crippen LogP contribution in [0.2, 0.25) is 5.02 Å². The van der Waals surface area contributed by atoms with Crippen LogP contribution >= 0.6 is 11.6 Å². The number of carbonyl (C=O) groups is 1. The zero-order valence-electron chi connectivity index (χ0n) is 9.08. The molecule has 2 nitrogen and oxygen atoms in total. The van der Waals surface area contributed by atoms with Gasteiger partial charge in [0.05, 0.1) is 5.69 Å². The number of hydrogen-bond donors (Lipinski definition) is 1. The summed E-state index contributed by atoms with van der Waals surface area (Å²) in [6, 6.07) is 9.74. The third kappa shape index (κ3) is 2.65. The fraction of sp³-hybridized carbons (Fsp3) is 0. The van der Waals surface area contributed by atoms with E-state index in [1.165, 1.54) is 24.3 Å². The van der Waals surface area contributed by atoms with E-state index >= 15 is 0 Å². The van der Waals surface area contributed by atoms with E-state index < -0.39 is 17.5 Å². The van der Waals surface area contributed by atoms with E-state index in [9.17, 15) is 13.6 Å². The third-order valence-corrected chi connectivity index (χ3v) is 2.52. The molecule has 0 saturated carbocycles. The van der Waals surface area contributed by atoms with Crippen LogP contribution in [0.3, 0.4) is 0 Å². The summed E-state index contributed by atoms with van der Waals surface area (Å²) < 4.78 is 26.3. The van der Waals surface area contributed by atoms with Crippen LogP contribution in [0.15, 0.2) is 42.5 Å². The molecule has 0 aliphatic carbocycles. The van der Waals surface area contributed by atoms with Gasteiger partial charge in [0.2, 0.25) is 0 Å². The van der Waals surface area contributed by atoms with E-state index in [4.69, 9.17) is 11.6 Å². The fourth-order valence-corrected chi connectivity index (χ4v) is 1.61. The van der Waals surface area contributed by atoms with Gasteiger partial charge in [0.25, 0.3) is 5.91 Å². The average Bonchev–Trinajstić information content (AvgIpc) is 2.35. The van der Waals surface area contributed by atoms with Crippen molar-refractivity contribution in [3.63, 3.8) is 0 Å². The van der Waals surface area contributed by atoms with E-state index in [-0.39, 0.29) is 11.3 Å². The lowest BCUT2D eigenvalue weighted by Gasteiger charge is -2.06. The van der Waals surface area contributed by atoms with Crippen LogP contribution in [0.5, 0.6) is 0 Å². The molecule has 18 heavy (non-hydrogen) atoms. The van der Waals surface area contributed by atoms with Gasteiger partial charge in [-0.15, -0.1) is 0 Å². The van der Waals surface area contributed by atoms with E-state index in [0.29, 0.717) is 5.02 Å². The Morgan fingerprint density at radius 2 is 1.83 bits per heavy atom. The van der Waals surface area contributed by atoms with Gasteiger partial charge >= 0.3 is 0 Å². The summed E-state index contributed by atoms with van der Waals surface area (Å²) in [6.07, 6.45) is 0. The zero-order valence-corrected chi connectivity index (χ0v) is 9.84. The van der Waals surface area contributed by atoms with Crippen LogP contribution in [-0.4, -0.2) is 5.91 Å².